The second kappa shape index (κ2) is 6.08. The standard InChI is InChI=1S/C14H10N2O3S/c15-7-10-6-11(14(18)19)12(17)16-13(10)20-8-9-4-2-1-3-5-9/h1-6H,8H2,(H,16,17)(H,18,19)/p-1. The molecule has 1 aromatic carbocycles. The molecule has 0 bridgehead atoms. The van der Waals surface area contributed by atoms with Gasteiger partial charge < -0.3 is 14.9 Å². The summed E-state index contributed by atoms with van der Waals surface area (Å²) >= 11 is 1.27. The Morgan fingerprint density at radius 2 is 2.05 bits per heavy atom. The van der Waals surface area contributed by atoms with Gasteiger partial charge in [-0.1, -0.05) is 30.3 Å². The van der Waals surface area contributed by atoms with Gasteiger partial charge in [-0.15, -0.1) is 11.8 Å². The van der Waals surface area contributed by atoms with Gasteiger partial charge in [-0.3, -0.25) is 4.79 Å². The number of aromatic amines is 1. The Labute approximate surface area is 118 Å². The van der Waals surface area contributed by atoms with Crippen molar-refractivity contribution < 1.29 is 9.90 Å². The van der Waals surface area contributed by atoms with Crippen LogP contribution in [0.1, 0.15) is 21.5 Å². The fourth-order valence-corrected chi connectivity index (χ4v) is 2.52. The van der Waals surface area contributed by atoms with Gasteiger partial charge in [0.2, 0.25) is 0 Å². The molecule has 1 heterocycles. The van der Waals surface area contributed by atoms with E-state index in [1.807, 2.05) is 36.4 Å². The summed E-state index contributed by atoms with van der Waals surface area (Å²) < 4.78 is 0. The predicted molar refractivity (Wildman–Crippen MR) is 72.1 cm³/mol. The molecule has 5 nitrogen and oxygen atoms in total. The summed E-state index contributed by atoms with van der Waals surface area (Å²) in [6.07, 6.45) is 0. The third kappa shape index (κ3) is 3.08. The number of nitriles is 1. The van der Waals surface area contributed by atoms with E-state index in [0.29, 0.717) is 10.8 Å². The number of nitrogens with zero attached hydrogens (tertiary/aromatic N) is 1. The summed E-state index contributed by atoms with van der Waals surface area (Å²) in [6, 6.07) is 12.4. The highest BCUT2D eigenvalue weighted by Gasteiger charge is 2.10. The molecule has 1 aromatic heterocycles. The highest BCUT2D eigenvalue weighted by Crippen LogP contribution is 2.23. The number of hydrogen-bond acceptors (Lipinski definition) is 5. The third-order valence-corrected chi connectivity index (χ3v) is 3.66. The highest BCUT2D eigenvalue weighted by atomic mass is 32.2. The number of carboxylic acid groups (broad SMARTS) is 1. The molecule has 0 saturated heterocycles. The van der Waals surface area contributed by atoms with E-state index in [1.54, 1.807) is 0 Å². The van der Waals surface area contributed by atoms with Gasteiger partial charge in [-0.25, -0.2) is 0 Å². The van der Waals surface area contributed by atoms with Crippen LogP contribution in [0.5, 0.6) is 0 Å². The molecule has 100 valence electrons. The number of pyridine rings is 1. The molecule has 0 spiro atoms. The highest BCUT2D eigenvalue weighted by molar-refractivity contribution is 7.98. The molecular formula is C14H9N2O3S-. The van der Waals surface area contributed by atoms with Crippen molar-refractivity contribution in [3.63, 3.8) is 0 Å². The molecule has 6 heteroatoms. The number of aromatic carboxylic acids is 1. The van der Waals surface area contributed by atoms with Crippen LogP contribution in [0.2, 0.25) is 0 Å². The lowest BCUT2D eigenvalue weighted by atomic mass is 10.2. The lowest BCUT2D eigenvalue weighted by Gasteiger charge is -2.07. The smallest absolute Gasteiger partial charge is 0.257 e. The number of nitrogens with one attached hydrogen (secondary N) is 1. The molecule has 0 unspecified atom stereocenters. The monoisotopic (exact) mass is 285 g/mol. The molecule has 2 aromatic rings. The van der Waals surface area contributed by atoms with Crippen LogP contribution in [0, 0.1) is 11.3 Å². The van der Waals surface area contributed by atoms with Crippen molar-refractivity contribution in [1.29, 1.82) is 5.26 Å². The summed E-state index contributed by atoms with van der Waals surface area (Å²) in [5, 5.41) is 20.1. The van der Waals surface area contributed by atoms with Crippen LogP contribution in [-0.4, -0.2) is 11.0 Å². The molecule has 0 aliphatic heterocycles. The number of rotatable bonds is 4. The number of aromatic nitrogens is 1. The summed E-state index contributed by atoms with van der Waals surface area (Å²) in [5.74, 6) is -1.03. The third-order valence-electron chi connectivity index (χ3n) is 2.57. The van der Waals surface area contributed by atoms with Crippen molar-refractivity contribution in [2.75, 3.05) is 0 Å². The van der Waals surface area contributed by atoms with E-state index >= 15 is 0 Å². The Kier molecular flexibility index (Phi) is 4.23. The van der Waals surface area contributed by atoms with E-state index < -0.39 is 17.1 Å². The van der Waals surface area contributed by atoms with Gasteiger partial charge in [0.1, 0.15) is 6.07 Å². The van der Waals surface area contributed by atoms with Crippen LogP contribution in [0.3, 0.4) is 0 Å². The summed E-state index contributed by atoms with van der Waals surface area (Å²) in [5.41, 5.74) is -0.152. The molecule has 0 atom stereocenters. The molecule has 20 heavy (non-hydrogen) atoms. The number of carbonyl (C=O) groups excluding carboxylic acids is 1. The zero-order chi connectivity index (χ0) is 14.5. The first-order valence-corrected chi connectivity index (χ1v) is 6.66. The van der Waals surface area contributed by atoms with E-state index in [1.165, 1.54) is 11.8 Å². The Hall–Kier alpha value is -2.52. The number of carbonyl (C=O) groups is 1. The maximum atomic E-state index is 11.6. The maximum absolute atomic E-state index is 11.6. The lowest BCUT2D eigenvalue weighted by Crippen LogP contribution is -2.30. The first-order chi connectivity index (χ1) is 9.61. The van der Waals surface area contributed by atoms with Gasteiger partial charge in [0.25, 0.3) is 5.56 Å². The topological polar surface area (TPSA) is 96.8 Å². The van der Waals surface area contributed by atoms with Crippen molar-refractivity contribution in [2.24, 2.45) is 0 Å². The summed E-state index contributed by atoms with van der Waals surface area (Å²) in [6.45, 7) is 0. The van der Waals surface area contributed by atoms with E-state index in [9.17, 15) is 14.7 Å². The molecule has 0 aliphatic rings. The quantitative estimate of drug-likeness (QED) is 0.842. The second-order valence-corrected chi connectivity index (χ2v) is 4.91. The number of carboxylic acids is 1. The van der Waals surface area contributed by atoms with E-state index in [4.69, 9.17) is 5.26 Å². The largest absolute Gasteiger partial charge is 0.545 e. The minimum Gasteiger partial charge on any atom is -0.545 e. The summed E-state index contributed by atoms with van der Waals surface area (Å²) in [7, 11) is 0. The van der Waals surface area contributed by atoms with E-state index in [-0.39, 0.29) is 5.56 Å². The van der Waals surface area contributed by atoms with Gasteiger partial charge >= 0.3 is 0 Å². The molecule has 1 N–H and O–H groups in total. The van der Waals surface area contributed by atoms with Crippen LogP contribution in [0.4, 0.5) is 0 Å². The second-order valence-electron chi connectivity index (χ2n) is 3.93. The molecule has 0 aliphatic carbocycles. The van der Waals surface area contributed by atoms with Crippen LogP contribution in [0.25, 0.3) is 0 Å². The molecule has 0 amide bonds. The number of benzene rings is 1. The van der Waals surface area contributed by atoms with Crippen molar-refractivity contribution in [3.05, 3.63) is 63.4 Å². The average molecular weight is 285 g/mol. The fraction of sp³-hybridized carbons (Fsp3) is 0.0714. The Morgan fingerprint density at radius 1 is 1.35 bits per heavy atom. The minimum absolute atomic E-state index is 0.115. The minimum atomic E-state index is -1.60. The lowest BCUT2D eigenvalue weighted by molar-refractivity contribution is -0.255. The first-order valence-electron chi connectivity index (χ1n) is 5.67. The van der Waals surface area contributed by atoms with Crippen molar-refractivity contribution in [1.82, 2.24) is 4.98 Å². The van der Waals surface area contributed by atoms with Crippen molar-refractivity contribution in [2.45, 2.75) is 10.8 Å². The van der Waals surface area contributed by atoms with E-state index in [0.717, 1.165) is 11.6 Å². The Morgan fingerprint density at radius 3 is 2.65 bits per heavy atom. The maximum Gasteiger partial charge on any atom is 0.257 e. The normalized spacial score (nSPS) is 9.95. The Balaban J connectivity index is 2.29. The zero-order valence-corrected chi connectivity index (χ0v) is 11.1. The van der Waals surface area contributed by atoms with Crippen molar-refractivity contribution in [3.8, 4) is 6.07 Å². The molecule has 0 fully saturated rings. The summed E-state index contributed by atoms with van der Waals surface area (Å²) in [4.78, 5) is 24.7. The molecular weight excluding hydrogens is 276 g/mol. The molecule has 2 rings (SSSR count). The fourth-order valence-electron chi connectivity index (χ4n) is 1.59. The van der Waals surface area contributed by atoms with Crippen LogP contribution in [0.15, 0.2) is 46.2 Å². The van der Waals surface area contributed by atoms with E-state index in [2.05, 4.69) is 4.98 Å². The number of hydrogen-bond donors (Lipinski definition) is 1. The van der Waals surface area contributed by atoms with Crippen LogP contribution < -0.4 is 10.7 Å². The zero-order valence-electron chi connectivity index (χ0n) is 10.3. The van der Waals surface area contributed by atoms with Crippen molar-refractivity contribution >= 4 is 17.7 Å². The SMILES string of the molecule is N#Cc1cc(C(=O)[O-])c(=O)[nH]c1SCc1ccccc1. The van der Waals surface area contributed by atoms with Gasteiger partial charge in [-0.2, -0.15) is 5.26 Å². The number of thioether (sulfide) groups is 1. The molecule has 0 radical (unpaired) electrons. The predicted octanol–water partition coefficient (Wildman–Crippen LogP) is 0.902. The van der Waals surface area contributed by atoms with Crippen LogP contribution in [-0.2, 0) is 5.75 Å². The Bertz CT molecular complexity index is 732. The van der Waals surface area contributed by atoms with Gasteiger partial charge in [0.15, 0.2) is 0 Å². The van der Waals surface area contributed by atoms with Gasteiger partial charge in [0.05, 0.1) is 22.1 Å². The van der Waals surface area contributed by atoms with Gasteiger partial charge in [-0.05, 0) is 11.6 Å². The average Bonchev–Trinajstić information content (AvgIpc) is 2.46. The van der Waals surface area contributed by atoms with Crippen LogP contribution >= 0.6 is 11.8 Å². The molecule has 0 saturated carbocycles. The van der Waals surface area contributed by atoms with Gasteiger partial charge in [0, 0.05) is 5.75 Å². The first kappa shape index (κ1) is 13.9. The number of H-pyrrole nitrogens is 1.